The second-order valence-electron chi connectivity index (χ2n) is 6.13. The van der Waals surface area contributed by atoms with E-state index >= 15 is 0 Å². The van der Waals surface area contributed by atoms with E-state index < -0.39 is 0 Å². The van der Waals surface area contributed by atoms with E-state index in [1.807, 2.05) is 6.07 Å². The number of hydrazine groups is 1. The minimum absolute atomic E-state index is 0.487. The number of thiocarbonyl (C=S) groups is 2. The number of rotatable bonds is 7. The molecule has 0 heterocycles. The van der Waals surface area contributed by atoms with Crippen LogP contribution in [0.15, 0.2) is 18.2 Å². The third-order valence-corrected chi connectivity index (χ3v) is 4.60. The van der Waals surface area contributed by atoms with Gasteiger partial charge in [0.15, 0.2) is 10.2 Å². The Morgan fingerprint density at radius 1 is 1.04 bits per heavy atom. The summed E-state index contributed by atoms with van der Waals surface area (Å²) in [6.45, 7) is 9.50. The number of benzene rings is 1. The van der Waals surface area contributed by atoms with Gasteiger partial charge in [-0.15, -0.1) is 0 Å². The lowest BCUT2D eigenvalue weighted by atomic mass is 9.99. The Labute approximate surface area is 157 Å². The van der Waals surface area contributed by atoms with Crippen LogP contribution in [0.5, 0.6) is 0 Å². The van der Waals surface area contributed by atoms with Gasteiger partial charge < -0.3 is 10.6 Å². The van der Waals surface area contributed by atoms with Crippen molar-refractivity contribution in [3.63, 3.8) is 0 Å². The Kier molecular flexibility index (Phi) is 9.64. The normalized spacial score (nSPS) is 11.5. The van der Waals surface area contributed by atoms with Gasteiger partial charge in [-0.25, -0.2) is 0 Å². The number of aryl methyl sites for hydroxylation is 2. The van der Waals surface area contributed by atoms with Crippen molar-refractivity contribution in [1.82, 2.24) is 16.2 Å². The highest BCUT2D eigenvalue weighted by Crippen LogP contribution is 2.14. The molecule has 4 nitrogen and oxygen atoms in total. The fourth-order valence-corrected chi connectivity index (χ4v) is 2.62. The van der Waals surface area contributed by atoms with Crippen LogP contribution in [0.1, 0.15) is 50.7 Å². The average Bonchev–Trinajstić information content (AvgIpc) is 2.56. The van der Waals surface area contributed by atoms with E-state index in [-0.39, 0.29) is 0 Å². The second-order valence-corrected chi connectivity index (χ2v) is 6.95. The second kappa shape index (κ2) is 11.2. The number of anilines is 1. The first-order chi connectivity index (χ1) is 11.5. The summed E-state index contributed by atoms with van der Waals surface area (Å²) in [6, 6.07) is 6.15. The third kappa shape index (κ3) is 7.93. The first kappa shape index (κ1) is 20.6. The molecule has 0 aliphatic rings. The Morgan fingerprint density at radius 3 is 2.38 bits per heavy atom. The number of nitrogens with one attached hydrogen (secondary N) is 4. The van der Waals surface area contributed by atoms with E-state index in [1.165, 1.54) is 30.4 Å². The van der Waals surface area contributed by atoms with Gasteiger partial charge in [0.1, 0.15) is 0 Å². The van der Waals surface area contributed by atoms with E-state index in [0.717, 1.165) is 18.7 Å². The van der Waals surface area contributed by atoms with Crippen molar-refractivity contribution >= 4 is 40.3 Å². The molecule has 4 N–H and O–H groups in total. The smallest absolute Gasteiger partial charge is 0.189 e. The van der Waals surface area contributed by atoms with E-state index in [2.05, 4.69) is 61.3 Å². The lowest BCUT2D eigenvalue weighted by Crippen LogP contribution is -2.49. The molecule has 24 heavy (non-hydrogen) atoms. The predicted molar refractivity (Wildman–Crippen MR) is 112 cm³/mol. The van der Waals surface area contributed by atoms with Gasteiger partial charge in [0, 0.05) is 12.2 Å². The number of hydrogen-bond donors (Lipinski definition) is 4. The highest BCUT2D eigenvalue weighted by Gasteiger charge is 2.06. The fraction of sp³-hybridized carbons (Fsp3) is 0.556. The lowest BCUT2D eigenvalue weighted by molar-refractivity contribution is 0.444. The summed E-state index contributed by atoms with van der Waals surface area (Å²) in [7, 11) is 0. The quantitative estimate of drug-likeness (QED) is 0.429. The average molecular weight is 367 g/mol. The van der Waals surface area contributed by atoms with Gasteiger partial charge in [-0.05, 0) is 73.9 Å². The molecule has 6 heteroatoms. The molecule has 0 bridgehead atoms. The van der Waals surface area contributed by atoms with E-state index in [4.69, 9.17) is 24.4 Å². The van der Waals surface area contributed by atoms with E-state index in [0.29, 0.717) is 16.1 Å². The molecular weight excluding hydrogens is 336 g/mol. The van der Waals surface area contributed by atoms with Gasteiger partial charge in [0.25, 0.3) is 0 Å². The number of unbranched alkanes of at least 4 members (excludes halogenated alkanes) is 1. The molecule has 0 unspecified atom stereocenters. The molecule has 0 radical (unpaired) electrons. The maximum Gasteiger partial charge on any atom is 0.189 e. The monoisotopic (exact) mass is 366 g/mol. The van der Waals surface area contributed by atoms with Gasteiger partial charge in [-0.2, -0.15) is 0 Å². The van der Waals surface area contributed by atoms with Crippen molar-refractivity contribution in [3.8, 4) is 0 Å². The molecule has 0 amide bonds. The van der Waals surface area contributed by atoms with Crippen molar-refractivity contribution in [2.24, 2.45) is 5.92 Å². The molecule has 0 saturated carbocycles. The summed E-state index contributed by atoms with van der Waals surface area (Å²) < 4.78 is 0. The molecular formula is C18H30N4S2. The van der Waals surface area contributed by atoms with Crippen LogP contribution in [0.3, 0.4) is 0 Å². The highest BCUT2D eigenvalue weighted by atomic mass is 32.1. The lowest BCUT2D eigenvalue weighted by Gasteiger charge is -2.18. The summed E-state index contributed by atoms with van der Waals surface area (Å²) in [5, 5.41) is 7.44. The highest BCUT2D eigenvalue weighted by molar-refractivity contribution is 7.80. The zero-order valence-electron chi connectivity index (χ0n) is 15.2. The minimum Gasteiger partial charge on any atom is -0.361 e. The molecule has 1 rings (SSSR count). The molecule has 1 atom stereocenters. The van der Waals surface area contributed by atoms with Gasteiger partial charge in [-0.3, -0.25) is 10.9 Å². The van der Waals surface area contributed by atoms with Crippen LogP contribution in [0.25, 0.3) is 0 Å². The van der Waals surface area contributed by atoms with Crippen molar-refractivity contribution in [2.75, 3.05) is 11.9 Å². The predicted octanol–water partition coefficient (Wildman–Crippen LogP) is 4.19. The minimum atomic E-state index is 0.487. The van der Waals surface area contributed by atoms with Crippen LogP contribution in [0.2, 0.25) is 0 Å². The first-order valence-electron chi connectivity index (χ1n) is 8.64. The third-order valence-electron chi connectivity index (χ3n) is 4.15. The van der Waals surface area contributed by atoms with Crippen LogP contribution < -0.4 is 21.5 Å². The standard InChI is InChI=1S/C18H30N4S2/c1-5-7-8-15(6-2)12-19-17(23)21-22-18(24)20-16-10-9-13(3)14(4)11-16/h9-11,15H,5-8,12H2,1-4H3,(H2,19,21,23)(H2,20,22,24)/t15-/m1/s1. The van der Waals surface area contributed by atoms with Gasteiger partial charge in [0.05, 0.1) is 0 Å². The number of hydrogen-bond acceptors (Lipinski definition) is 2. The molecule has 1 aromatic rings. The van der Waals surface area contributed by atoms with Crippen molar-refractivity contribution < 1.29 is 0 Å². The van der Waals surface area contributed by atoms with Crippen LogP contribution >= 0.6 is 24.4 Å². The maximum atomic E-state index is 5.28. The fourth-order valence-electron chi connectivity index (χ4n) is 2.32. The van der Waals surface area contributed by atoms with Gasteiger partial charge in [-0.1, -0.05) is 39.2 Å². The summed E-state index contributed by atoms with van der Waals surface area (Å²) in [5.41, 5.74) is 9.30. The van der Waals surface area contributed by atoms with Crippen LogP contribution in [-0.4, -0.2) is 16.8 Å². The largest absolute Gasteiger partial charge is 0.361 e. The molecule has 1 aromatic carbocycles. The van der Waals surface area contributed by atoms with Crippen LogP contribution in [0.4, 0.5) is 5.69 Å². The van der Waals surface area contributed by atoms with Gasteiger partial charge in [0.2, 0.25) is 0 Å². The topological polar surface area (TPSA) is 48.1 Å². The van der Waals surface area contributed by atoms with Crippen LogP contribution in [0, 0.1) is 19.8 Å². The van der Waals surface area contributed by atoms with Gasteiger partial charge >= 0.3 is 0 Å². The van der Waals surface area contributed by atoms with Crippen LogP contribution in [-0.2, 0) is 0 Å². The molecule has 0 aromatic heterocycles. The molecule has 0 fully saturated rings. The summed E-state index contributed by atoms with van der Waals surface area (Å²) >= 11 is 10.6. The maximum absolute atomic E-state index is 5.28. The molecule has 134 valence electrons. The van der Waals surface area contributed by atoms with Crippen molar-refractivity contribution in [3.05, 3.63) is 29.3 Å². The Balaban J connectivity index is 2.30. The summed E-state index contributed by atoms with van der Waals surface area (Å²) in [4.78, 5) is 0. The van der Waals surface area contributed by atoms with Crippen molar-refractivity contribution in [1.29, 1.82) is 0 Å². The zero-order chi connectivity index (χ0) is 17.9. The summed E-state index contributed by atoms with van der Waals surface area (Å²) in [6.07, 6.45) is 4.90. The first-order valence-corrected chi connectivity index (χ1v) is 9.46. The molecule has 0 saturated heterocycles. The Bertz CT molecular complexity index is 546. The summed E-state index contributed by atoms with van der Waals surface area (Å²) in [5.74, 6) is 0.658. The molecule has 0 spiro atoms. The van der Waals surface area contributed by atoms with E-state index in [1.54, 1.807) is 0 Å². The van der Waals surface area contributed by atoms with Crippen molar-refractivity contribution in [2.45, 2.75) is 53.4 Å². The SMILES string of the molecule is CCCC[C@@H](CC)CNC(=S)NNC(=S)Nc1ccc(C)c(C)c1. The zero-order valence-corrected chi connectivity index (χ0v) is 16.8. The molecule has 0 aliphatic carbocycles. The van der Waals surface area contributed by atoms with E-state index in [9.17, 15) is 0 Å². The Hall–Kier alpha value is -1.40. The Morgan fingerprint density at radius 2 is 1.75 bits per heavy atom. The molecule has 0 aliphatic heterocycles.